The summed E-state index contributed by atoms with van der Waals surface area (Å²) < 4.78 is 0. The van der Waals surface area contributed by atoms with Gasteiger partial charge < -0.3 is 5.11 Å². The molecule has 3 heteroatoms. The first-order valence-corrected chi connectivity index (χ1v) is 7.26. The Morgan fingerprint density at radius 3 is 1.81 bits per heavy atom. The first-order chi connectivity index (χ1) is 10.3. The standard InChI is InChI=1S/C13H12N2.2C2H6.CH4O/c1-3-11-4-6-12(7-5-11)13-10(2)14-8-9-15-13;3*1-2/h3-9H,1H2,2H3;2*1-2H3;2H,1H3. The SMILES string of the molecule is C=Cc1ccc(-c2nccnc2C)cc1.CC.CC.CO. The Balaban J connectivity index is 0. The van der Waals surface area contributed by atoms with Crippen LogP contribution in [0.3, 0.4) is 0 Å². The Morgan fingerprint density at radius 2 is 1.38 bits per heavy atom. The van der Waals surface area contributed by atoms with Gasteiger partial charge in [-0.3, -0.25) is 9.97 Å². The van der Waals surface area contributed by atoms with Crippen LogP contribution in [0.1, 0.15) is 39.0 Å². The Morgan fingerprint density at radius 1 is 0.905 bits per heavy atom. The lowest BCUT2D eigenvalue weighted by atomic mass is 10.1. The van der Waals surface area contributed by atoms with Gasteiger partial charge in [-0.2, -0.15) is 0 Å². The molecule has 0 unspecified atom stereocenters. The number of aromatic nitrogens is 2. The first kappa shape index (κ1) is 21.3. The number of nitrogens with zero attached hydrogens (tertiary/aromatic N) is 2. The monoisotopic (exact) mass is 288 g/mol. The average molecular weight is 288 g/mol. The van der Waals surface area contributed by atoms with Crippen molar-refractivity contribution in [2.45, 2.75) is 34.6 Å². The number of hydrogen-bond donors (Lipinski definition) is 1. The van der Waals surface area contributed by atoms with Crippen molar-refractivity contribution in [3.05, 3.63) is 54.5 Å². The van der Waals surface area contributed by atoms with Crippen LogP contribution < -0.4 is 0 Å². The fourth-order valence-electron chi connectivity index (χ4n) is 1.47. The molecule has 0 spiro atoms. The lowest BCUT2D eigenvalue weighted by Crippen LogP contribution is -1.90. The van der Waals surface area contributed by atoms with Gasteiger partial charge in [-0.15, -0.1) is 0 Å². The molecule has 21 heavy (non-hydrogen) atoms. The van der Waals surface area contributed by atoms with Crippen molar-refractivity contribution < 1.29 is 5.11 Å². The minimum atomic E-state index is 0.938. The second-order valence-corrected chi connectivity index (χ2v) is 3.32. The maximum atomic E-state index is 7.00. The van der Waals surface area contributed by atoms with Gasteiger partial charge in [0.2, 0.25) is 0 Å². The Bertz CT molecular complexity index is 479. The van der Waals surface area contributed by atoms with Crippen LogP contribution in [-0.4, -0.2) is 22.2 Å². The summed E-state index contributed by atoms with van der Waals surface area (Å²) in [6.45, 7) is 13.7. The largest absolute Gasteiger partial charge is 0.400 e. The molecule has 0 atom stereocenters. The summed E-state index contributed by atoms with van der Waals surface area (Å²) in [6, 6.07) is 8.12. The van der Waals surface area contributed by atoms with Gasteiger partial charge in [-0.1, -0.05) is 64.6 Å². The molecule has 1 aromatic heterocycles. The van der Waals surface area contributed by atoms with Gasteiger partial charge in [-0.25, -0.2) is 0 Å². The van der Waals surface area contributed by atoms with E-state index in [1.807, 2.05) is 65.0 Å². The van der Waals surface area contributed by atoms with Gasteiger partial charge in [0.05, 0.1) is 11.4 Å². The summed E-state index contributed by atoms with van der Waals surface area (Å²) in [7, 11) is 1.00. The second kappa shape index (κ2) is 14.4. The van der Waals surface area contributed by atoms with Crippen LogP contribution in [0.4, 0.5) is 0 Å². The van der Waals surface area contributed by atoms with Crippen molar-refractivity contribution in [2.24, 2.45) is 0 Å². The fourth-order valence-corrected chi connectivity index (χ4v) is 1.47. The molecule has 1 aromatic carbocycles. The molecule has 0 radical (unpaired) electrons. The van der Waals surface area contributed by atoms with E-state index in [1.165, 1.54) is 0 Å². The molecule has 0 bridgehead atoms. The van der Waals surface area contributed by atoms with E-state index in [4.69, 9.17) is 5.11 Å². The van der Waals surface area contributed by atoms with E-state index in [1.54, 1.807) is 12.4 Å². The zero-order chi connectivity index (χ0) is 16.7. The van der Waals surface area contributed by atoms with Crippen LogP contribution in [0.25, 0.3) is 17.3 Å². The van der Waals surface area contributed by atoms with E-state index < -0.39 is 0 Å². The number of aliphatic hydroxyl groups is 1. The normalized spacial score (nSPS) is 7.95. The minimum Gasteiger partial charge on any atom is -0.400 e. The second-order valence-electron chi connectivity index (χ2n) is 3.32. The smallest absolute Gasteiger partial charge is 0.0914 e. The van der Waals surface area contributed by atoms with Crippen LogP contribution in [0.2, 0.25) is 0 Å². The minimum absolute atomic E-state index is 0.938. The van der Waals surface area contributed by atoms with E-state index >= 15 is 0 Å². The molecule has 0 fully saturated rings. The summed E-state index contributed by atoms with van der Waals surface area (Å²) in [5.74, 6) is 0. The fraction of sp³-hybridized carbons (Fsp3) is 0.333. The molecule has 116 valence electrons. The predicted molar refractivity (Wildman–Crippen MR) is 93.1 cm³/mol. The van der Waals surface area contributed by atoms with Crippen molar-refractivity contribution in [3.63, 3.8) is 0 Å². The van der Waals surface area contributed by atoms with Crippen LogP contribution in [0.15, 0.2) is 43.2 Å². The van der Waals surface area contributed by atoms with Crippen LogP contribution >= 0.6 is 0 Å². The van der Waals surface area contributed by atoms with E-state index in [9.17, 15) is 0 Å². The molecule has 1 N–H and O–H groups in total. The molecule has 0 saturated carbocycles. The molecule has 3 nitrogen and oxygen atoms in total. The van der Waals surface area contributed by atoms with Gasteiger partial charge in [-0.05, 0) is 12.5 Å². The van der Waals surface area contributed by atoms with Gasteiger partial charge in [0.1, 0.15) is 0 Å². The van der Waals surface area contributed by atoms with Gasteiger partial charge in [0, 0.05) is 25.1 Å². The number of rotatable bonds is 2. The Kier molecular flexibility index (Phi) is 14.6. The maximum absolute atomic E-state index is 7.00. The zero-order valence-electron chi connectivity index (χ0n) is 14.1. The Hall–Kier alpha value is -2.00. The molecule has 0 aliphatic heterocycles. The summed E-state index contributed by atoms with van der Waals surface area (Å²) in [5, 5.41) is 7.00. The number of hydrogen-bond acceptors (Lipinski definition) is 3. The molecular weight excluding hydrogens is 260 g/mol. The highest BCUT2D eigenvalue weighted by Gasteiger charge is 2.02. The van der Waals surface area contributed by atoms with Crippen LogP contribution in [-0.2, 0) is 0 Å². The molecular formula is C18H28N2O. The predicted octanol–water partition coefficient (Wildman–Crippen LogP) is 4.76. The number of aryl methyl sites for hydroxylation is 1. The van der Waals surface area contributed by atoms with Gasteiger partial charge in [0.25, 0.3) is 0 Å². The molecule has 0 aliphatic rings. The first-order valence-electron chi connectivity index (χ1n) is 7.26. The highest BCUT2D eigenvalue weighted by Crippen LogP contribution is 2.19. The van der Waals surface area contributed by atoms with Crippen molar-refractivity contribution in [2.75, 3.05) is 7.11 Å². The molecule has 0 saturated heterocycles. The molecule has 0 amide bonds. The van der Waals surface area contributed by atoms with Gasteiger partial charge >= 0.3 is 0 Å². The summed E-state index contributed by atoms with van der Waals surface area (Å²) in [5.41, 5.74) is 4.09. The Labute approximate surface area is 129 Å². The van der Waals surface area contributed by atoms with E-state index in [0.29, 0.717) is 0 Å². The summed E-state index contributed by atoms with van der Waals surface area (Å²) >= 11 is 0. The van der Waals surface area contributed by atoms with Crippen LogP contribution in [0.5, 0.6) is 0 Å². The molecule has 0 aliphatic carbocycles. The van der Waals surface area contributed by atoms with Crippen molar-refractivity contribution in [3.8, 4) is 11.3 Å². The third-order valence-electron chi connectivity index (χ3n) is 2.30. The maximum Gasteiger partial charge on any atom is 0.0914 e. The molecule has 2 rings (SSSR count). The average Bonchev–Trinajstić information content (AvgIpc) is 2.61. The van der Waals surface area contributed by atoms with Crippen molar-refractivity contribution >= 4 is 6.08 Å². The van der Waals surface area contributed by atoms with Crippen LogP contribution in [0, 0.1) is 6.92 Å². The number of aliphatic hydroxyl groups excluding tert-OH is 1. The summed E-state index contributed by atoms with van der Waals surface area (Å²) in [6.07, 6.45) is 5.24. The quantitative estimate of drug-likeness (QED) is 0.867. The van der Waals surface area contributed by atoms with E-state index in [2.05, 4.69) is 16.5 Å². The van der Waals surface area contributed by atoms with Crippen molar-refractivity contribution in [1.82, 2.24) is 9.97 Å². The zero-order valence-corrected chi connectivity index (χ0v) is 14.1. The lowest BCUT2D eigenvalue weighted by molar-refractivity contribution is 0.399. The molecule has 1 heterocycles. The van der Waals surface area contributed by atoms with E-state index in [0.717, 1.165) is 29.6 Å². The topological polar surface area (TPSA) is 46.0 Å². The van der Waals surface area contributed by atoms with E-state index in [-0.39, 0.29) is 0 Å². The molecule has 2 aromatic rings. The third-order valence-corrected chi connectivity index (χ3v) is 2.30. The lowest BCUT2D eigenvalue weighted by Gasteiger charge is -2.03. The third kappa shape index (κ3) is 7.37. The highest BCUT2D eigenvalue weighted by atomic mass is 16.2. The van der Waals surface area contributed by atoms with Crippen molar-refractivity contribution in [1.29, 1.82) is 0 Å². The van der Waals surface area contributed by atoms with Gasteiger partial charge in [0.15, 0.2) is 0 Å². The highest BCUT2D eigenvalue weighted by molar-refractivity contribution is 5.63. The number of benzene rings is 1. The summed E-state index contributed by atoms with van der Waals surface area (Å²) in [4.78, 5) is 8.53.